The summed E-state index contributed by atoms with van der Waals surface area (Å²) in [6.07, 6.45) is 7.86. The molecule has 0 aliphatic heterocycles. The number of methoxy groups -OCH3 is 2. The second-order valence-electron chi connectivity index (χ2n) is 13.5. The zero-order chi connectivity index (χ0) is 39.6. The van der Waals surface area contributed by atoms with Crippen molar-refractivity contribution in [3.63, 3.8) is 0 Å². The number of pyridine rings is 2. The van der Waals surface area contributed by atoms with E-state index in [1.807, 2.05) is 36.7 Å². The first-order valence-electron chi connectivity index (χ1n) is 18.8. The molecule has 0 spiro atoms. The van der Waals surface area contributed by atoms with E-state index >= 15 is 0 Å². The van der Waals surface area contributed by atoms with Gasteiger partial charge in [-0.05, 0) is 71.7 Å². The Morgan fingerprint density at radius 3 is 1.14 bits per heavy atom. The fourth-order valence-corrected chi connectivity index (χ4v) is 8.50. The molecule has 9 heteroatoms. The molecule has 0 amide bonds. The summed E-state index contributed by atoms with van der Waals surface area (Å²) < 4.78 is 15.7. The Morgan fingerprint density at radius 2 is 0.814 bits per heavy atom. The van der Waals surface area contributed by atoms with Crippen LogP contribution in [0.5, 0.6) is 11.5 Å². The van der Waals surface area contributed by atoms with E-state index in [9.17, 15) is 0 Å². The molecule has 0 fully saturated rings. The topological polar surface area (TPSA) is 54.1 Å². The van der Waals surface area contributed by atoms with Crippen molar-refractivity contribution in [2.24, 2.45) is 0 Å². The van der Waals surface area contributed by atoms with Crippen LogP contribution in [-0.2, 0) is 21.1 Å². The third-order valence-electron chi connectivity index (χ3n) is 10.3. The molecule has 4 heterocycles. The molecule has 0 saturated heterocycles. The fourth-order valence-electron chi connectivity index (χ4n) is 7.64. The third kappa shape index (κ3) is 7.53. The van der Waals surface area contributed by atoms with Gasteiger partial charge in [-0.3, -0.25) is 0 Å². The van der Waals surface area contributed by atoms with Crippen molar-refractivity contribution in [1.29, 1.82) is 0 Å². The summed E-state index contributed by atoms with van der Waals surface area (Å²) in [6.45, 7) is 0. The van der Waals surface area contributed by atoms with E-state index < -0.39 is 0 Å². The third-order valence-corrected chi connectivity index (χ3v) is 11.8. The van der Waals surface area contributed by atoms with Crippen LogP contribution in [0.4, 0.5) is 0 Å². The standard InChI is InChI=1S/2C25H19N2OS.Pt/c2*1-28-17-11-12-21(22-16-18(29-2)13-14-26-22)25(15-17)27-23-9-5-3-7-19(23)20-8-4-6-10-24(20)27;/h2*3-11,13-16H,1-2H3;/q2*-1;+2. The number of fused-ring (bicyclic) bond motifs is 6. The van der Waals surface area contributed by atoms with Crippen LogP contribution in [0.25, 0.3) is 77.5 Å². The maximum absolute atomic E-state index is 5.54. The van der Waals surface area contributed by atoms with Crippen LogP contribution in [0.1, 0.15) is 0 Å². The van der Waals surface area contributed by atoms with Crippen molar-refractivity contribution < 1.29 is 30.5 Å². The minimum absolute atomic E-state index is 0. The molecule has 0 N–H and O–H groups in total. The van der Waals surface area contributed by atoms with Crippen LogP contribution in [0.3, 0.4) is 0 Å². The summed E-state index contributed by atoms with van der Waals surface area (Å²) in [7, 11) is 3.37. The van der Waals surface area contributed by atoms with Gasteiger partial charge in [0.25, 0.3) is 0 Å². The smallest absolute Gasteiger partial charge is 0.540 e. The first kappa shape index (κ1) is 40.0. The minimum Gasteiger partial charge on any atom is -0.540 e. The van der Waals surface area contributed by atoms with Gasteiger partial charge in [-0.15, -0.1) is 58.9 Å². The van der Waals surface area contributed by atoms with E-state index in [1.54, 1.807) is 37.7 Å². The molecule has 292 valence electrons. The second kappa shape index (κ2) is 17.6. The normalized spacial score (nSPS) is 11.1. The van der Waals surface area contributed by atoms with Gasteiger partial charge in [0.1, 0.15) is 0 Å². The summed E-state index contributed by atoms with van der Waals surface area (Å²) in [5.74, 6) is 1.54. The molecular formula is C50H38N4O2PtS2. The zero-order valence-corrected chi connectivity index (χ0v) is 36.7. The van der Waals surface area contributed by atoms with Crippen LogP contribution in [0.2, 0.25) is 0 Å². The SMILES string of the molecule is COc1c[c-]c(-c2cc(SC)ccn2)c(-n2c3ccccc3c3ccccc32)c1.COc1c[c-]c(-c2cc(SC)ccn2)c(-n2c3ccccc3c3ccccc32)c1.[Pt+2]. The molecular weight excluding hydrogens is 948 g/mol. The van der Waals surface area contributed by atoms with Gasteiger partial charge in [-0.2, -0.15) is 0 Å². The Balaban J connectivity index is 0.000000161. The Labute approximate surface area is 366 Å². The van der Waals surface area contributed by atoms with Crippen LogP contribution in [0.15, 0.2) is 168 Å². The first-order valence-corrected chi connectivity index (χ1v) is 21.2. The minimum atomic E-state index is 0. The Morgan fingerprint density at radius 1 is 0.475 bits per heavy atom. The van der Waals surface area contributed by atoms with Gasteiger partial charge in [-0.1, -0.05) is 97.1 Å². The number of para-hydroxylation sites is 4. The molecule has 4 aromatic heterocycles. The number of rotatable bonds is 8. The molecule has 0 radical (unpaired) electrons. The molecule has 0 saturated carbocycles. The summed E-state index contributed by atoms with van der Waals surface area (Å²) in [6, 6.07) is 57.0. The fraction of sp³-hybridized carbons (Fsp3) is 0.0800. The number of hydrogen-bond donors (Lipinski definition) is 0. The first-order chi connectivity index (χ1) is 28.6. The Kier molecular flexibility index (Phi) is 11.9. The number of ether oxygens (including phenoxy) is 2. The molecule has 10 rings (SSSR count). The zero-order valence-electron chi connectivity index (χ0n) is 32.7. The largest absolute Gasteiger partial charge is 2.00 e. The van der Waals surface area contributed by atoms with Crippen LogP contribution in [0, 0.1) is 12.1 Å². The number of benzene rings is 6. The molecule has 6 nitrogen and oxygen atoms in total. The average molecular weight is 986 g/mol. The van der Waals surface area contributed by atoms with Gasteiger partial charge in [0.2, 0.25) is 0 Å². The predicted octanol–water partition coefficient (Wildman–Crippen LogP) is 12.8. The number of hydrogen-bond acceptors (Lipinski definition) is 6. The Hall–Kier alpha value is -5.79. The molecule has 0 unspecified atom stereocenters. The summed E-state index contributed by atoms with van der Waals surface area (Å²) in [5.41, 5.74) is 10.3. The van der Waals surface area contributed by atoms with Gasteiger partial charge >= 0.3 is 21.1 Å². The van der Waals surface area contributed by atoms with E-state index in [2.05, 4.69) is 165 Å². The van der Waals surface area contributed by atoms with Crippen LogP contribution >= 0.6 is 23.5 Å². The molecule has 0 atom stereocenters. The summed E-state index contributed by atoms with van der Waals surface area (Å²) >= 11 is 3.42. The van der Waals surface area contributed by atoms with Gasteiger partial charge < -0.3 is 28.6 Å². The van der Waals surface area contributed by atoms with Crippen molar-refractivity contribution >= 4 is 67.1 Å². The van der Waals surface area contributed by atoms with E-state index in [0.717, 1.165) is 67.5 Å². The van der Waals surface area contributed by atoms with Crippen LogP contribution in [-0.4, -0.2) is 45.8 Å². The van der Waals surface area contributed by atoms with Crippen LogP contribution < -0.4 is 9.47 Å². The molecule has 0 aliphatic rings. The summed E-state index contributed by atoms with van der Waals surface area (Å²) in [4.78, 5) is 11.6. The summed E-state index contributed by atoms with van der Waals surface area (Å²) in [5, 5.41) is 4.90. The maximum Gasteiger partial charge on any atom is 2.00 e. The van der Waals surface area contributed by atoms with Crippen molar-refractivity contribution in [3.05, 3.63) is 170 Å². The van der Waals surface area contributed by atoms with E-state index in [4.69, 9.17) is 9.47 Å². The molecule has 59 heavy (non-hydrogen) atoms. The van der Waals surface area contributed by atoms with E-state index in [-0.39, 0.29) is 21.1 Å². The molecule has 10 aromatic rings. The van der Waals surface area contributed by atoms with Gasteiger partial charge in [0, 0.05) is 77.3 Å². The monoisotopic (exact) mass is 985 g/mol. The van der Waals surface area contributed by atoms with Crippen molar-refractivity contribution in [3.8, 4) is 45.4 Å². The van der Waals surface area contributed by atoms with Crippen molar-refractivity contribution in [2.75, 3.05) is 26.7 Å². The van der Waals surface area contributed by atoms with Gasteiger partial charge in [-0.25, -0.2) is 0 Å². The van der Waals surface area contributed by atoms with Crippen molar-refractivity contribution in [2.45, 2.75) is 9.79 Å². The average Bonchev–Trinajstić information content (AvgIpc) is 3.82. The van der Waals surface area contributed by atoms with Gasteiger partial charge in [0.15, 0.2) is 0 Å². The molecule has 6 aromatic carbocycles. The molecule has 0 bridgehead atoms. The quantitative estimate of drug-likeness (QED) is 0.112. The predicted molar refractivity (Wildman–Crippen MR) is 242 cm³/mol. The maximum atomic E-state index is 5.54. The second-order valence-corrected chi connectivity index (χ2v) is 15.3. The number of thioether (sulfide) groups is 2. The molecule has 0 aliphatic carbocycles. The van der Waals surface area contributed by atoms with E-state index in [0.29, 0.717) is 0 Å². The Bertz CT molecular complexity index is 2790. The van der Waals surface area contributed by atoms with Gasteiger partial charge in [0.05, 0.1) is 14.2 Å². The van der Waals surface area contributed by atoms with Crippen molar-refractivity contribution in [1.82, 2.24) is 19.1 Å². The number of aromatic nitrogens is 4. The number of nitrogens with zero attached hydrogens (tertiary/aromatic N) is 4. The van der Waals surface area contributed by atoms with E-state index in [1.165, 1.54) is 31.3 Å².